The van der Waals surface area contributed by atoms with Gasteiger partial charge in [0.05, 0.1) is 18.4 Å². The molecule has 0 aromatic heterocycles. The molecule has 0 bridgehead atoms. The van der Waals surface area contributed by atoms with Crippen molar-refractivity contribution in [3.63, 3.8) is 0 Å². The van der Waals surface area contributed by atoms with E-state index in [1.54, 1.807) is 0 Å². The molecule has 76 valence electrons. The predicted molar refractivity (Wildman–Crippen MR) is 49.4 cm³/mol. The summed E-state index contributed by atoms with van der Waals surface area (Å²) in [4.78, 5) is 23.9. The summed E-state index contributed by atoms with van der Waals surface area (Å²) in [6, 6.07) is -0.898. The fourth-order valence-electron chi connectivity index (χ4n) is 1.58. The fourth-order valence-corrected chi connectivity index (χ4v) is 2.80. The molecule has 2 aliphatic heterocycles. The molecule has 1 amide bonds. The van der Waals surface area contributed by atoms with E-state index in [2.05, 4.69) is 0 Å². The van der Waals surface area contributed by atoms with Gasteiger partial charge in [0, 0.05) is 4.91 Å². The molecule has 14 heavy (non-hydrogen) atoms. The summed E-state index contributed by atoms with van der Waals surface area (Å²) < 4.78 is 0. The third-order valence-corrected chi connectivity index (χ3v) is 3.52. The van der Waals surface area contributed by atoms with Gasteiger partial charge in [-0.15, -0.1) is 11.8 Å². The van der Waals surface area contributed by atoms with Crippen molar-refractivity contribution in [2.75, 3.05) is 6.61 Å². The number of carbonyl (C=O) groups is 2. The van der Waals surface area contributed by atoms with Gasteiger partial charge in [0.15, 0.2) is 0 Å². The molecule has 0 radical (unpaired) electrons. The number of rotatable bonds is 2. The molecule has 1 fully saturated rings. The number of fused-ring (bicyclic) bond motifs is 1. The first-order valence-electron chi connectivity index (χ1n) is 4.15. The van der Waals surface area contributed by atoms with Crippen LogP contribution in [0.25, 0.3) is 0 Å². The van der Waals surface area contributed by atoms with Gasteiger partial charge < -0.3 is 15.1 Å². The molecule has 2 N–H and O–H groups in total. The second-order valence-electron chi connectivity index (χ2n) is 3.15. The molecule has 1 unspecified atom stereocenters. The van der Waals surface area contributed by atoms with E-state index in [0.717, 1.165) is 0 Å². The molecule has 2 rings (SSSR count). The van der Waals surface area contributed by atoms with Crippen LogP contribution in [-0.2, 0) is 9.59 Å². The summed E-state index contributed by atoms with van der Waals surface area (Å²) in [7, 11) is 0. The molecule has 2 atom stereocenters. The van der Waals surface area contributed by atoms with E-state index >= 15 is 0 Å². The molecular weight excluding hydrogens is 206 g/mol. The van der Waals surface area contributed by atoms with Crippen molar-refractivity contribution in [3.05, 3.63) is 11.0 Å². The first kappa shape index (κ1) is 9.54. The Kier molecular flexibility index (Phi) is 2.24. The second-order valence-corrected chi connectivity index (χ2v) is 4.46. The van der Waals surface area contributed by atoms with Gasteiger partial charge in [-0.25, -0.2) is 4.79 Å². The Morgan fingerprint density at radius 1 is 1.71 bits per heavy atom. The lowest BCUT2D eigenvalue weighted by atomic mass is 10.1. The van der Waals surface area contributed by atoms with Crippen molar-refractivity contribution in [1.29, 1.82) is 0 Å². The van der Waals surface area contributed by atoms with Crippen LogP contribution in [0.1, 0.15) is 6.42 Å². The number of β-lactam (4-membered cyclic amide) rings is 1. The quantitative estimate of drug-likeness (QED) is 0.614. The van der Waals surface area contributed by atoms with Crippen LogP contribution >= 0.6 is 11.8 Å². The molecule has 0 aromatic carbocycles. The average molecular weight is 215 g/mol. The maximum Gasteiger partial charge on any atom is 0.330 e. The van der Waals surface area contributed by atoms with Gasteiger partial charge in [-0.3, -0.25) is 4.79 Å². The lowest BCUT2D eigenvalue weighted by Gasteiger charge is -2.45. The van der Waals surface area contributed by atoms with Gasteiger partial charge in [0.2, 0.25) is 5.91 Å². The largest absolute Gasteiger partial charge is 0.479 e. The number of hydrogen-bond acceptors (Lipinski definition) is 4. The van der Waals surface area contributed by atoms with Crippen molar-refractivity contribution >= 4 is 23.6 Å². The van der Waals surface area contributed by atoms with E-state index in [1.165, 1.54) is 22.7 Å². The number of aliphatic hydroxyl groups is 1. The van der Waals surface area contributed by atoms with Crippen LogP contribution in [0, 0.1) is 0 Å². The minimum Gasteiger partial charge on any atom is -0.479 e. The molecule has 0 saturated carbocycles. The van der Waals surface area contributed by atoms with Crippen molar-refractivity contribution < 1.29 is 19.8 Å². The number of carboxylic acid groups (broad SMARTS) is 1. The third-order valence-electron chi connectivity index (χ3n) is 2.29. The molecule has 2 aliphatic rings. The van der Waals surface area contributed by atoms with Crippen molar-refractivity contribution in [2.45, 2.75) is 17.8 Å². The maximum atomic E-state index is 11.1. The molecule has 1 saturated heterocycles. The molecule has 5 nitrogen and oxygen atoms in total. The highest BCUT2D eigenvalue weighted by Gasteiger charge is 2.46. The van der Waals surface area contributed by atoms with Crippen LogP contribution in [0.5, 0.6) is 0 Å². The molecule has 0 spiro atoms. The smallest absolute Gasteiger partial charge is 0.330 e. The number of carbonyl (C=O) groups excluding carboxylic acids is 1. The number of hydrogen-bond donors (Lipinski definition) is 2. The summed E-state index contributed by atoms with van der Waals surface area (Å²) in [5.74, 6) is -1.18. The SMILES string of the molecule is O=C(O)C1C=C(CO)S[C@@H]2CC(=O)N12. The van der Waals surface area contributed by atoms with Crippen molar-refractivity contribution in [1.82, 2.24) is 4.90 Å². The van der Waals surface area contributed by atoms with Crippen LogP contribution in [0.15, 0.2) is 11.0 Å². The lowest BCUT2D eigenvalue weighted by Crippen LogP contribution is -2.59. The number of aliphatic carboxylic acids is 1. The highest BCUT2D eigenvalue weighted by atomic mass is 32.2. The Morgan fingerprint density at radius 2 is 2.43 bits per heavy atom. The second kappa shape index (κ2) is 3.29. The van der Waals surface area contributed by atoms with Crippen LogP contribution in [0.2, 0.25) is 0 Å². The summed E-state index contributed by atoms with van der Waals surface area (Å²) in [5, 5.41) is 17.7. The van der Waals surface area contributed by atoms with E-state index in [-0.39, 0.29) is 17.9 Å². The Hall–Kier alpha value is -1.01. The third kappa shape index (κ3) is 1.31. The highest BCUT2D eigenvalue weighted by Crippen LogP contribution is 2.40. The summed E-state index contributed by atoms with van der Waals surface area (Å²) in [6.07, 6.45) is 1.80. The number of carboxylic acids is 1. The maximum absolute atomic E-state index is 11.1. The van der Waals surface area contributed by atoms with Crippen molar-refractivity contribution in [2.24, 2.45) is 0 Å². The van der Waals surface area contributed by atoms with Crippen LogP contribution in [0.3, 0.4) is 0 Å². The number of nitrogens with zero attached hydrogens (tertiary/aromatic N) is 1. The topological polar surface area (TPSA) is 77.8 Å². The average Bonchev–Trinajstić information content (AvgIpc) is 2.14. The molecule has 6 heteroatoms. The lowest BCUT2D eigenvalue weighted by molar-refractivity contribution is -0.155. The summed E-state index contributed by atoms with van der Waals surface area (Å²) in [6.45, 7) is -0.160. The van der Waals surface area contributed by atoms with Gasteiger partial charge in [0.1, 0.15) is 6.04 Å². The molecule has 0 aliphatic carbocycles. The van der Waals surface area contributed by atoms with Gasteiger partial charge >= 0.3 is 5.97 Å². The first-order valence-corrected chi connectivity index (χ1v) is 5.03. The number of amides is 1. The van der Waals surface area contributed by atoms with E-state index in [4.69, 9.17) is 10.2 Å². The minimum absolute atomic E-state index is 0.101. The summed E-state index contributed by atoms with van der Waals surface area (Å²) >= 11 is 1.36. The Morgan fingerprint density at radius 3 is 2.93 bits per heavy atom. The standard InChI is InChI=1S/C8H9NO4S/c10-3-4-1-5(8(12)13)9-6(11)2-7(9)14-4/h1,5,7,10H,2-3H2,(H,12,13)/t5?,7-/m1/s1. The zero-order chi connectivity index (χ0) is 10.3. The number of thioether (sulfide) groups is 1. The molecule has 0 aromatic rings. The van der Waals surface area contributed by atoms with Gasteiger partial charge in [-0.1, -0.05) is 0 Å². The molecular formula is C8H9NO4S. The first-order chi connectivity index (χ1) is 6.63. The van der Waals surface area contributed by atoms with E-state index < -0.39 is 12.0 Å². The number of aliphatic hydroxyl groups excluding tert-OH is 1. The van der Waals surface area contributed by atoms with Crippen LogP contribution in [0.4, 0.5) is 0 Å². The van der Waals surface area contributed by atoms with E-state index in [1.807, 2.05) is 0 Å². The Balaban J connectivity index is 2.25. The Bertz CT molecular complexity index is 327. The highest BCUT2D eigenvalue weighted by molar-refractivity contribution is 8.03. The Labute approximate surface area is 84.4 Å². The predicted octanol–water partition coefficient (Wildman–Crippen LogP) is -0.379. The minimum atomic E-state index is -1.05. The fraction of sp³-hybridized carbons (Fsp3) is 0.500. The molecule has 2 heterocycles. The van der Waals surface area contributed by atoms with E-state index in [0.29, 0.717) is 11.3 Å². The van der Waals surface area contributed by atoms with E-state index in [9.17, 15) is 9.59 Å². The normalized spacial score (nSPS) is 30.5. The van der Waals surface area contributed by atoms with Crippen LogP contribution < -0.4 is 0 Å². The zero-order valence-corrected chi connectivity index (χ0v) is 8.03. The summed E-state index contributed by atoms with van der Waals surface area (Å²) in [5.41, 5.74) is 0. The van der Waals surface area contributed by atoms with Gasteiger partial charge in [0.25, 0.3) is 0 Å². The van der Waals surface area contributed by atoms with Gasteiger partial charge in [-0.05, 0) is 6.08 Å². The van der Waals surface area contributed by atoms with Gasteiger partial charge in [-0.2, -0.15) is 0 Å². The monoisotopic (exact) mass is 215 g/mol. The van der Waals surface area contributed by atoms with Crippen molar-refractivity contribution in [3.8, 4) is 0 Å². The van der Waals surface area contributed by atoms with Crippen LogP contribution in [-0.4, -0.2) is 45.0 Å². The zero-order valence-electron chi connectivity index (χ0n) is 7.21.